The number of amides is 1. The topological polar surface area (TPSA) is 72.4 Å². The predicted molar refractivity (Wildman–Crippen MR) is 54.4 cm³/mol. The summed E-state index contributed by atoms with van der Waals surface area (Å²) in [6.07, 6.45) is 1.94. The molecule has 0 spiro atoms. The predicted octanol–water partition coefficient (Wildman–Crippen LogP) is 0.546. The quantitative estimate of drug-likeness (QED) is 0.733. The molecule has 5 heteroatoms. The highest BCUT2D eigenvalue weighted by molar-refractivity contribution is 5.91. The summed E-state index contributed by atoms with van der Waals surface area (Å²) in [7, 11) is 0. The maximum absolute atomic E-state index is 11.9. The molecule has 2 heterocycles. The van der Waals surface area contributed by atoms with Gasteiger partial charge in [0.1, 0.15) is 0 Å². The van der Waals surface area contributed by atoms with E-state index in [-0.39, 0.29) is 11.9 Å². The van der Waals surface area contributed by atoms with E-state index in [1.807, 2.05) is 0 Å². The Morgan fingerprint density at radius 3 is 3.13 bits per heavy atom. The molecule has 1 amide bonds. The molecule has 5 nitrogen and oxygen atoms in total. The number of piperidine rings is 1. The highest BCUT2D eigenvalue weighted by Crippen LogP contribution is 2.13. The molecule has 1 aromatic rings. The normalized spacial score (nSPS) is 21.7. The number of likely N-dealkylation sites (tertiary alicyclic amines) is 1. The molecule has 0 aromatic carbocycles. The van der Waals surface area contributed by atoms with Crippen LogP contribution in [0.4, 0.5) is 0 Å². The number of hydrogen-bond acceptors (Lipinski definition) is 4. The van der Waals surface area contributed by atoms with Gasteiger partial charge < -0.3 is 15.2 Å². The van der Waals surface area contributed by atoms with Crippen molar-refractivity contribution >= 4 is 5.91 Å². The van der Waals surface area contributed by atoms with Gasteiger partial charge in [-0.05, 0) is 19.8 Å². The smallest absolute Gasteiger partial charge is 0.292 e. The fourth-order valence-corrected chi connectivity index (χ4v) is 1.81. The molecule has 0 saturated carbocycles. The van der Waals surface area contributed by atoms with Crippen LogP contribution in [0.3, 0.4) is 0 Å². The first-order chi connectivity index (χ1) is 7.16. The van der Waals surface area contributed by atoms with Gasteiger partial charge in [-0.1, -0.05) is 5.16 Å². The summed E-state index contributed by atoms with van der Waals surface area (Å²) >= 11 is 0. The zero-order valence-electron chi connectivity index (χ0n) is 8.77. The Labute approximate surface area is 88.2 Å². The molecule has 82 valence electrons. The van der Waals surface area contributed by atoms with Gasteiger partial charge in [-0.2, -0.15) is 0 Å². The number of carbonyl (C=O) groups is 1. The van der Waals surface area contributed by atoms with Crippen LogP contribution < -0.4 is 5.73 Å². The van der Waals surface area contributed by atoms with Crippen molar-refractivity contribution < 1.29 is 9.32 Å². The summed E-state index contributed by atoms with van der Waals surface area (Å²) in [5.41, 5.74) is 6.53. The van der Waals surface area contributed by atoms with E-state index >= 15 is 0 Å². The van der Waals surface area contributed by atoms with Crippen molar-refractivity contribution in [3.63, 3.8) is 0 Å². The third-order valence-corrected chi connectivity index (χ3v) is 2.58. The number of aryl methyl sites for hydroxylation is 1. The van der Waals surface area contributed by atoms with Gasteiger partial charge in [0.15, 0.2) is 0 Å². The molecule has 0 bridgehead atoms. The van der Waals surface area contributed by atoms with E-state index in [1.165, 1.54) is 0 Å². The molecule has 1 saturated heterocycles. The molecule has 15 heavy (non-hydrogen) atoms. The molecular formula is C10H15N3O2. The van der Waals surface area contributed by atoms with Gasteiger partial charge in [-0.3, -0.25) is 4.79 Å². The number of carbonyl (C=O) groups excluding carboxylic acids is 1. The Bertz CT molecular complexity index is 361. The average molecular weight is 209 g/mol. The van der Waals surface area contributed by atoms with Gasteiger partial charge in [-0.15, -0.1) is 0 Å². The van der Waals surface area contributed by atoms with Crippen LogP contribution in [0, 0.1) is 6.92 Å². The second-order valence-corrected chi connectivity index (χ2v) is 3.99. The molecule has 1 fully saturated rings. The first-order valence-corrected chi connectivity index (χ1v) is 5.15. The molecule has 2 N–H and O–H groups in total. The number of hydrogen-bond donors (Lipinski definition) is 1. The molecule has 1 aliphatic rings. The van der Waals surface area contributed by atoms with Gasteiger partial charge in [-0.25, -0.2) is 0 Å². The van der Waals surface area contributed by atoms with E-state index in [0.717, 1.165) is 25.1 Å². The van der Waals surface area contributed by atoms with E-state index in [1.54, 1.807) is 17.9 Å². The lowest BCUT2D eigenvalue weighted by atomic mass is 10.1. The Morgan fingerprint density at radius 2 is 2.53 bits per heavy atom. The van der Waals surface area contributed by atoms with E-state index in [2.05, 4.69) is 5.16 Å². The second kappa shape index (κ2) is 4.02. The minimum Gasteiger partial charge on any atom is -0.351 e. The molecule has 1 aliphatic heterocycles. The van der Waals surface area contributed by atoms with Gasteiger partial charge in [0, 0.05) is 25.2 Å². The van der Waals surface area contributed by atoms with Crippen molar-refractivity contribution in [3.05, 3.63) is 17.5 Å². The van der Waals surface area contributed by atoms with E-state index < -0.39 is 0 Å². The molecule has 1 atom stereocenters. The molecule has 0 aliphatic carbocycles. The van der Waals surface area contributed by atoms with Crippen LogP contribution >= 0.6 is 0 Å². The summed E-state index contributed by atoms with van der Waals surface area (Å²) < 4.78 is 4.93. The Morgan fingerprint density at radius 1 is 1.73 bits per heavy atom. The van der Waals surface area contributed by atoms with Crippen LogP contribution in [0.2, 0.25) is 0 Å². The highest BCUT2D eigenvalue weighted by atomic mass is 16.5. The minimum absolute atomic E-state index is 0.0896. The van der Waals surface area contributed by atoms with Crippen LogP contribution in [0.5, 0.6) is 0 Å². The first-order valence-electron chi connectivity index (χ1n) is 5.15. The van der Waals surface area contributed by atoms with Crippen molar-refractivity contribution in [3.8, 4) is 0 Å². The van der Waals surface area contributed by atoms with Crippen LogP contribution in [0.1, 0.15) is 29.1 Å². The van der Waals surface area contributed by atoms with Crippen LogP contribution in [-0.2, 0) is 0 Å². The third-order valence-electron chi connectivity index (χ3n) is 2.58. The van der Waals surface area contributed by atoms with Crippen LogP contribution in [-0.4, -0.2) is 35.1 Å². The fraction of sp³-hybridized carbons (Fsp3) is 0.600. The average Bonchev–Trinajstić information content (AvgIpc) is 2.64. The second-order valence-electron chi connectivity index (χ2n) is 3.99. The summed E-state index contributed by atoms with van der Waals surface area (Å²) in [4.78, 5) is 13.6. The molecule has 1 unspecified atom stereocenters. The maximum Gasteiger partial charge on any atom is 0.292 e. The zero-order valence-corrected chi connectivity index (χ0v) is 8.77. The highest BCUT2D eigenvalue weighted by Gasteiger charge is 2.24. The Kier molecular flexibility index (Phi) is 2.73. The largest absolute Gasteiger partial charge is 0.351 e. The summed E-state index contributed by atoms with van der Waals surface area (Å²) in [6.45, 7) is 3.16. The number of aromatic nitrogens is 1. The minimum atomic E-state index is -0.106. The molecular weight excluding hydrogens is 194 g/mol. The lowest BCUT2D eigenvalue weighted by Crippen LogP contribution is -2.45. The van der Waals surface area contributed by atoms with Gasteiger partial charge in [0.2, 0.25) is 5.76 Å². The van der Waals surface area contributed by atoms with Crippen LogP contribution in [0.15, 0.2) is 10.6 Å². The maximum atomic E-state index is 11.9. The van der Waals surface area contributed by atoms with E-state index in [0.29, 0.717) is 12.3 Å². The molecule has 0 radical (unpaired) electrons. The number of nitrogens with zero attached hydrogens (tertiary/aromatic N) is 2. The van der Waals surface area contributed by atoms with Crippen molar-refractivity contribution in [2.24, 2.45) is 5.73 Å². The van der Waals surface area contributed by atoms with Crippen LogP contribution in [0.25, 0.3) is 0 Å². The van der Waals surface area contributed by atoms with Gasteiger partial charge in [0.05, 0.1) is 5.69 Å². The SMILES string of the molecule is Cc1cc(C(=O)N2CCCC(N)C2)on1. The van der Waals surface area contributed by atoms with Crippen molar-refractivity contribution in [2.75, 3.05) is 13.1 Å². The monoisotopic (exact) mass is 209 g/mol. The zero-order chi connectivity index (χ0) is 10.8. The lowest BCUT2D eigenvalue weighted by Gasteiger charge is -2.29. The fourth-order valence-electron chi connectivity index (χ4n) is 1.81. The number of rotatable bonds is 1. The lowest BCUT2D eigenvalue weighted by molar-refractivity contribution is 0.0667. The Balaban J connectivity index is 2.07. The Hall–Kier alpha value is -1.36. The summed E-state index contributed by atoms with van der Waals surface area (Å²) in [5, 5.41) is 3.70. The van der Waals surface area contributed by atoms with Crippen molar-refractivity contribution in [2.45, 2.75) is 25.8 Å². The standard InChI is InChI=1S/C10H15N3O2/c1-7-5-9(15-12-7)10(14)13-4-2-3-8(11)6-13/h5,8H,2-4,6,11H2,1H3. The van der Waals surface area contributed by atoms with Crippen molar-refractivity contribution in [1.82, 2.24) is 10.1 Å². The summed E-state index contributed by atoms with van der Waals surface area (Å²) in [5.74, 6) is 0.201. The van der Waals surface area contributed by atoms with E-state index in [4.69, 9.17) is 10.3 Å². The summed E-state index contributed by atoms with van der Waals surface area (Å²) in [6, 6.07) is 1.74. The van der Waals surface area contributed by atoms with E-state index in [9.17, 15) is 4.79 Å². The van der Waals surface area contributed by atoms with Gasteiger partial charge >= 0.3 is 0 Å². The van der Waals surface area contributed by atoms with Crippen molar-refractivity contribution in [1.29, 1.82) is 0 Å². The third kappa shape index (κ3) is 2.18. The number of nitrogens with two attached hydrogens (primary N) is 1. The molecule has 1 aromatic heterocycles. The first kappa shape index (κ1) is 10.2. The molecule has 2 rings (SSSR count). The van der Waals surface area contributed by atoms with Gasteiger partial charge in [0.25, 0.3) is 5.91 Å².